The average molecular weight is 392 g/mol. The maximum atomic E-state index is 12.0. The molecule has 0 aliphatic carbocycles. The molecule has 0 aliphatic rings. The fraction of sp³-hybridized carbons (Fsp3) is 0.250. The summed E-state index contributed by atoms with van der Waals surface area (Å²) in [6.07, 6.45) is -4.93. The Bertz CT molecular complexity index is 534. The Morgan fingerprint density at radius 2 is 2.16 bits per heavy atom. The number of aromatic nitrogens is 1. The SMILES string of the molecule is O=C(O)Cc1cnc(OC(F)(F)F)c([N+](=O)[O-])c1I. The van der Waals surface area contributed by atoms with Gasteiger partial charge >= 0.3 is 23.9 Å². The fourth-order valence-corrected chi connectivity index (χ4v) is 1.89. The maximum absolute atomic E-state index is 12.0. The van der Waals surface area contributed by atoms with Crippen LogP contribution in [0.3, 0.4) is 0 Å². The molecule has 0 spiro atoms. The molecule has 1 N–H and O–H groups in total. The minimum Gasteiger partial charge on any atom is -0.481 e. The summed E-state index contributed by atoms with van der Waals surface area (Å²) in [5, 5.41) is 19.3. The number of rotatable bonds is 4. The lowest BCUT2D eigenvalue weighted by atomic mass is 10.2. The van der Waals surface area contributed by atoms with E-state index in [1.165, 1.54) is 22.6 Å². The van der Waals surface area contributed by atoms with Gasteiger partial charge < -0.3 is 9.84 Å². The van der Waals surface area contributed by atoms with Crippen LogP contribution in [0.5, 0.6) is 5.88 Å². The molecule has 0 aliphatic heterocycles. The first-order chi connectivity index (χ1) is 8.61. The first-order valence-corrected chi connectivity index (χ1v) is 5.49. The van der Waals surface area contributed by atoms with Crippen molar-refractivity contribution in [2.75, 3.05) is 0 Å². The second-order valence-corrected chi connectivity index (χ2v) is 4.21. The van der Waals surface area contributed by atoms with Crippen molar-refractivity contribution in [3.05, 3.63) is 25.4 Å². The highest BCUT2D eigenvalue weighted by Gasteiger charge is 2.37. The van der Waals surface area contributed by atoms with Gasteiger partial charge in [-0.15, -0.1) is 13.2 Å². The third-order valence-corrected chi connectivity index (χ3v) is 2.97. The number of ether oxygens (including phenoxy) is 1. The number of pyridine rings is 1. The summed E-state index contributed by atoms with van der Waals surface area (Å²) in [5.74, 6) is -2.52. The molecule has 0 unspecified atom stereocenters. The van der Waals surface area contributed by atoms with Crippen molar-refractivity contribution in [3.8, 4) is 5.88 Å². The molecule has 1 heterocycles. The van der Waals surface area contributed by atoms with E-state index in [1.54, 1.807) is 0 Å². The first kappa shape index (κ1) is 15.4. The van der Waals surface area contributed by atoms with E-state index in [4.69, 9.17) is 5.11 Å². The minimum atomic E-state index is -5.13. The first-order valence-electron chi connectivity index (χ1n) is 4.41. The quantitative estimate of drug-likeness (QED) is 0.479. The Morgan fingerprint density at radius 1 is 1.58 bits per heavy atom. The lowest BCUT2D eigenvalue weighted by Crippen LogP contribution is -2.19. The average Bonchev–Trinajstić information content (AvgIpc) is 2.19. The van der Waals surface area contributed by atoms with E-state index in [-0.39, 0.29) is 9.13 Å². The van der Waals surface area contributed by atoms with Gasteiger partial charge in [0, 0.05) is 11.8 Å². The molecule has 0 saturated carbocycles. The molecule has 0 atom stereocenters. The number of halogens is 4. The van der Waals surface area contributed by atoms with Gasteiger partial charge in [-0.3, -0.25) is 14.9 Å². The maximum Gasteiger partial charge on any atom is 0.574 e. The number of nitrogens with zero attached hydrogens (tertiary/aromatic N) is 2. The van der Waals surface area contributed by atoms with Crippen LogP contribution >= 0.6 is 22.6 Å². The van der Waals surface area contributed by atoms with E-state index in [2.05, 4.69) is 9.72 Å². The molecule has 0 bridgehead atoms. The fourth-order valence-electron chi connectivity index (χ4n) is 1.13. The Kier molecular flexibility index (Phi) is 4.49. The van der Waals surface area contributed by atoms with Crippen molar-refractivity contribution in [3.63, 3.8) is 0 Å². The van der Waals surface area contributed by atoms with E-state index < -0.39 is 35.2 Å². The number of hydrogen-bond donors (Lipinski definition) is 1. The van der Waals surface area contributed by atoms with E-state index in [9.17, 15) is 28.1 Å². The summed E-state index contributed by atoms with van der Waals surface area (Å²) in [6, 6.07) is 0. The summed E-state index contributed by atoms with van der Waals surface area (Å²) >= 11 is 1.37. The normalized spacial score (nSPS) is 11.2. The third-order valence-electron chi connectivity index (χ3n) is 1.77. The molecule has 1 aromatic rings. The van der Waals surface area contributed by atoms with Crippen LogP contribution in [-0.4, -0.2) is 27.3 Å². The number of aliphatic carboxylic acids is 1. The third kappa shape index (κ3) is 4.18. The van der Waals surface area contributed by atoms with Gasteiger partial charge in [0.15, 0.2) is 0 Å². The summed E-state index contributed by atoms with van der Waals surface area (Å²) in [6.45, 7) is 0. The van der Waals surface area contributed by atoms with Gasteiger partial charge in [0.05, 0.1) is 11.3 Å². The smallest absolute Gasteiger partial charge is 0.481 e. The molecule has 104 valence electrons. The molecule has 0 amide bonds. The van der Waals surface area contributed by atoms with Crippen LogP contribution in [0.2, 0.25) is 0 Å². The van der Waals surface area contributed by atoms with Gasteiger partial charge in [0.25, 0.3) is 0 Å². The van der Waals surface area contributed by atoms with E-state index in [1.807, 2.05) is 0 Å². The Balaban J connectivity index is 3.32. The van der Waals surface area contributed by atoms with Crippen molar-refractivity contribution in [2.24, 2.45) is 0 Å². The van der Waals surface area contributed by atoms with Crippen LogP contribution in [0.1, 0.15) is 5.56 Å². The second kappa shape index (κ2) is 5.54. The zero-order valence-electron chi connectivity index (χ0n) is 8.77. The minimum absolute atomic E-state index is 0.0747. The van der Waals surface area contributed by atoms with Crippen LogP contribution in [-0.2, 0) is 11.2 Å². The number of carbonyl (C=O) groups is 1. The van der Waals surface area contributed by atoms with Gasteiger partial charge in [-0.2, -0.15) is 0 Å². The molecule has 1 aromatic heterocycles. The van der Waals surface area contributed by atoms with Gasteiger partial charge in [-0.1, -0.05) is 0 Å². The molecular formula is C8H4F3IN2O5. The monoisotopic (exact) mass is 392 g/mol. The molecular weight excluding hydrogens is 388 g/mol. The Hall–Kier alpha value is -1.66. The Morgan fingerprint density at radius 3 is 2.58 bits per heavy atom. The lowest BCUT2D eigenvalue weighted by molar-refractivity contribution is -0.390. The number of carboxylic acid groups (broad SMARTS) is 1. The van der Waals surface area contributed by atoms with Gasteiger partial charge in [-0.25, -0.2) is 4.98 Å². The predicted molar refractivity (Wildman–Crippen MR) is 61.6 cm³/mol. The van der Waals surface area contributed by atoms with Crippen LogP contribution < -0.4 is 4.74 Å². The molecule has 0 radical (unpaired) electrons. The molecule has 11 heteroatoms. The van der Waals surface area contributed by atoms with E-state index in [0.29, 0.717) is 0 Å². The van der Waals surface area contributed by atoms with Crippen LogP contribution in [0.15, 0.2) is 6.20 Å². The van der Waals surface area contributed by atoms with Crippen molar-refractivity contribution in [2.45, 2.75) is 12.8 Å². The van der Waals surface area contributed by atoms with Crippen LogP contribution in [0, 0.1) is 13.7 Å². The number of nitro groups is 1. The Labute approximate surface area is 116 Å². The standard InChI is InChI=1S/C8H4F3IN2O5/c9-8(10,11)19-7-6(14(17)18)5(12)3(2-13-7)1-4(15)16/h2H,1H2,(H,15,16). The highest BCUT2D eigenvalue weighted by Crippen LogP contribution is 2.35. The molecule has 0 aromatic carbocycles. The van der Waals surface area contributed by atoms with Gasteiger partial charge in [0.1, 0.15) is 3.57 Å². The van der Waals surface area contributed by atoms with Crippen molar-refractivity contribution >= 4 is 34.2 Å². The summed E-state index contributed by atoms with van der Waals surface area (Å²) in [7, 11) is 0. The highest BCUT2D eigenvalue weighted by molar-refractivity contribution is 14.1. The highest BCUT2D eigenvalue weighted by atomic mass is 127. The lowest BCUT2D eigenvalue weighted by Gasteiger charge is -2.10. The van der Waals surface area contributed by atoms with Gasteiger partial charge in [-0.05, 0) is 22.6 Å². The molecule has 1 rings (SSSR count). The zero-order chi connectivity index (χ0) is 14.8. The summed E-state index contributed by atoms with van der Waals surface area (Å²) in [5.41, 5.74) is -1.09. The predicted octanol–water partition coefficient (Wildman–Crippen LogP) is 2.12. The van der Waals surface area contributed by atoms with Crippen molar-refractivity contribution in [1.82, 2.24) is 4.98 Å². The van der Waals surface area contributed by atoms with E-state index in [0.717, 1.165) is 6.20 Å². The molecule has 7 nitrogen and oxygen atoms in total. The number of hydrogen-bond acceptors (Lipinski definition) is 5. The van der Waals surface area contributed by atoms with E-state index >= 15 is 0 Å². The van der Waals surface area contributed by atoms with Gasteiger partial charge in [0.2, 0.25) is 0 Å². The second-order valence-electron chi connectivity index (χ2n) is 3.13. The number of carboxylic acids is 1. The van der Waals surface area contributed by atoms with Crippen molar-refractivity contribution < 1.29 is 32.7 Å². The zero-order valence-corrected chi connectivity index (χ0v) is 10.9. The number of alkyl halides is 3. The summed E-state index contributed by atoms with van der Waals surface area (Å²) in [4.78, 5) is 23.3. The molecule has 19 heavy (non-hydrogen) atoms. The van der Waals surface area contributed by atoms with Crippen molar-refractivity contribution in [1.29, 1.82) is 0 Å². The molecule has 0 saturated heterocycles. The molecule has 0 fully saturated rings. The van der Waals surface area contributed by atoms with Crippen LogP contribution in [0.25, 0.3) is 0 Å². The summed E-state index contributed by atoms with van der Waals surface area (Å²) < 4.78 is 39.3. The topological polar surface area (TPSA) is 103 Å². The largest absolute Gasteiger partial charge is 0.574 e. The van der Waals surface area contributed by atoms with Crippen LogP contribution in [0.4, 0.5) is 18.9 Å².